The first-order valence-electron chi connectivity index (χ1n) is 7.63. The molecule has 1 aliphatic rings. The zero-order chi connectivity index (χ0) is 12.9. The summed E-state index contributed by atoms with van der Waals surface area (Å²) in [6.45, 7) is 1.21. The normalized spacial score (nSPS) is 14.9. The Morgan fingerprint density at radius 2 is 1.74 bits per heavy atom. The predicted octanol–water partition coefficient (Wildman–Crippen LogP) is 4.30. The number of rotatable bonds is 7. The number of aryl methyl sites for hydroxylation is 1. The molecule has 1 nitrogen and oxygen atoms in total. The molecule has 100 valence electrons. The Balaban J connectivity index is 1.47. The van der Waals surface area contributed by atoms with E-state index in [1.165, 1.54) is 61.4 Å². The number of nitrogens with one attached hydrogen (secondary N) is 1. The van der Waals surface area contributed by atoms with Crippen molar-refractivity contribution in [1.29, 1.82) is 0 Å². The molecule has 0 aliphatic heterocycles. The Hall–Kier alpha value is -1.34. The highest BCUT2D eigenvalue weighted by atomic mass is 14.9. The first-order chi connectivity index (χ1) is 9.43. The topological polar surface area (TPSA) is 12.0 Å². The molecule has 1 N–H and O–H groups in total. The Labute approximate surface area is 116 Å². The van der Waals surface area contributed by atoms with Crippen molar-refractivity contribution in [3.8, 4) is 0 Å². The lowest BCUT2D eigenvalue weighted by atomic mass is 10.00. The largest absolute Gasteiger partial charge is 0.314 e. The molecule has 0 unspecified atom stereocenters. The van der Waals surface area contributed by atoms with Crippen LogP contribution in [0.1, 0.15) is 37.7 Å². The molecule has 0 amide bonds. The number of benzene rings is 2. The predicted molar refractivity (Wildman–Crippen MR) is 82.5 cm³/mol. The van der Waals surface area contributed by atoms with Crippen LogP contribution in [0.2, 0.25) is 0 Å². The molecule has 1 aliphatic carbocycles. The van der Waals surface area contributed by atoms with E-state index in [4.69, 9.17) is 0 Å². The minimum absolute atomic E-state index is 0.859. The van der Waals surface area contributed by atoms with Crippen LogP contribution in [0.15, 0.2) is 42.5 Å². The van der Waals surface area contributed by atoms with Crippen LogP contribution in [0.5, 0.6) is 0 Å². The van der Waals surface area contributed by atoms with Gasteiger partial charge in [-0.25, -0.2) is 0 Å². The fourth-order valence-corrected chi connectivity index (χ4v) is 2.72. The second-order valence-electron chi connectivity index (χ2n) is 5.68. The van der Waals surface area contributed by atoms with Crippen LogP contribution in [-0.2, 0) is 6.42 Å². The van der Waals surface area contributed by atoms with Crippen LogP contribution >= 0.6 is 0 Å². The fraction of sp³-hybridized carbons (Fsp3) is 0.444. The van der Waals surface area contributed by atoms with E-state index >= 15 is 0 Å². The van der Waals surface area contributed by atoms with Crippen LogP contribution in [0, 0.1) is 0 Å². The van der Waals surface area contributed by atoms with Crippen molar-refractivity contribution in [3.05, 3.63) is 48.0 Å². The first kappa shape index (κ1) is 12.7. The molecule has 1 heteroatoms. The molecular weight excluding hydrogens is 230 g/mol. The summed E-state index contributed by atoms with van der Waals surface area (Å²) >= 11 is 0. The van der Waals surface area contributed by atoms with Crippen molar-refractivity contribution in [2.24, 2.45) is 0 Å². The van der Waals surface area contributed by atoms with Crippen LogP contribution in [-0.4, -0.2) is 12.6 Å². The number of hydrogen-bond acceptors (Lipinski definition) is 1. The van der Waals surface area contributed by atoms with E-state index in [1.807, 2.05) is 0 Å². The van der Waals surface area contributed by atoms with Gasteiger partial charge in [0.25, 0.3) is 0 Å². The Bertz CT molecular complexity index is 523. The molecule has 1 fully saturated rings. The van der Waals surface area contributed by atoms with Gasteiger partial charge in [-0.2, -0.15) is 0 Å². The van der Waals surface area contributed by atoms with E-state index in [0.29, 0.717) is 0 Å². The maximum absolute atomic E-state index is 3.58. The van der Waals surface area contributed by atoms with Gasteiger partial charge in [-0.15, -0.1) is 0 Å². The monoisotopic (exact) mass is 253 g/mol. The zero-order valence-corrected chi connectivity index (χ0v) is 11.6. The van der Waals surface area contributed by atoms with Gasteiger partial charge in [0.2, 0.25) is 0 Å². The third kappa shape index (κ3) is 3.57. The lowest BCUT2D eigenvalue weighted by Crippen LogP contribution is -2.17. The SMILES string of the molecule is c1ccc2c(CCCCCNC3CC3)cccc2c1. The summed E-state index contributed by atoms with van der Waals surface area (Å²) in [6.07, 6.45) is 7.97. The maximum atomic E-state index is 3.58. The van der Waals surface area contributed by atoms with E-state index in [-0.39, 0.29) is 0 Å². The minimum atomic E-state index is 0.859. The van der Waals surface area contributed by atoms with E-state index in [0.717, 1.165) is 6.04 Å². The Morgan fingerprint density at radius 3 is 2.63 bits per heavy atom. The van der Waals surface area contributed by atoms with Gasteiger partial charge in [0.05, 0.1) is 0 Å². The van der Waals surface area contributed by atoms with Crippen molar-refractivity contribution < 1.29 is 0 Å². The fourth-order valence-electron chi connectivity index (χ4n) is 2.72. The molecule has 0 radical (unpaired) electrons. The van der Waals surface area contributed by atoms with E-state index < -0.39 is 0 Å². The second-order valence-corrected chi connectivity index (χ2v) is 5.68. The number of unbranched alkanes of at least 4 members (excludes halogenated alkanes) is 2. The second kappa shape index (κ2) is 6.21. The summed E-state index contributed by atoms with van der Waals surface area (Å²) in [5, 5.41) is 6.39. The van der Waals surface area contributed by atoms with Gasteiger partial charge in [0.1, 0.15) is 0 Å². The smallest absolute Gasteiger partial charge is 0.00682 e. The van der Waals surface area contributed by atoms with Gasteiger partial charge in [-0.05, 0) is 55.0 Å². The Morgan fingerprint density at radius 1 is 0.895 bits per heavy atom. The van der Waals surface area contributed by atoms with Gasteiger partial charge < -0.3 is 5.32 Å². The third-order valence-corrected chi connectivity index (χ3v) is 4.01. The van der Waals surface area contributed by atoms with Gasteiger partial charge in [-0.3, -0.25) is 0 Å². The Kier molecular flexibility index (Phi) is 4.14. The highest BCUT2D eigenvalue weighted by molar-refractivity contribution is 5.85. The van der Waals surface area contributed by atoms with Crippen molar-refractivity contribution in [2.75, 3.05) is 6.54 Å². The van der Waals surface area contributed by atoms with Crippen LogP contribution in [0.3, 0.4) is 0 Å². The third-order valence-electron chi connectivity index (χ3n) is 4.01. The summed E-state index contributed by atoms with van der Waals surface area (Å²) in [5.74, 6) is 0. The van der Waals surface area contributed by atoms with Crippen molar-refractivity contribution in [1.82, 2.24) is 5.32 Å². The van der Waals surface area contributed by atoms with Gasteiger partial charge in [-0.1, -0.05) is 48.9 Å². The minimum Gasteiger partial charge on any atom is -0.314 e. The molecule has 0 bridgehead atoms. The van der Waals surface area contributed by atoms with Crippen molar-refractivity contribution in [3.63, 3.8) is 0 Å². The summed E-state index contributed by atoms with van der Waals surface area (Å²) in [6, 6.07) is 16.3. The highest BCUT2D eigenvalue weighted by Crippen LogP contribution is 2.21. The summed E-state index contributed by atoms with van der Waals surface area (Å²) in [4.78, 5) is 0. The van der Waals surface area contributed by atoms with Crippen molar-refractivity contribution >= 4 is 10.8 Å². The molecular formula is C18H23N. The molecule has 2 aromatic rings. The van der Waals surface area contributed by atoms with Gasteiger partial charge in [0, 0.05) is 6.04 Å². The van der Waals surface area contributed by atoms with E-state index in [2.05, 4.69) is 47.8 Å². The molecule has 1 saturated carbocycles. The van der Waals surface area contributed by atoms with E-state index in [9.17, 15) is 0 Å². The first-order valence-corrected chi connectivity index (χ1v) is 7.63. The lowest BCUT2D eigenvalue weighted by Gasteiger charge is -2.07. The van der Waals surface area contributed by atoms with Crippen LogP contribution in [0.25, 0.3) is 10.8 Å². The summed E-state index contributed by atoms with van der Waals surface area (Å²) < 4.78 is 0. The number of fused-ring (bicyclic) bond motifs is 1. The van der Waals surface area contributed by atoms with Gasteiger partial charge >= 0.3 is 0 Å². The molecule has 0 spiro atoms. The molecule has 0 heterocycles. The summed E-state index contributed by atoms with van der Waals surface area (Å²) in [5.41, 5.74) is 1.51. The molecule has 0 atom stereocenters. The molecule has 0 aromatic heterocycles. The summed E-state index contributed by atoms with van der Waals surface area (Å²) in [7, 11) is 0. The average Bonchev–Trinajstić information content (AvgIpc) is 3.27. The number of hydrogen-bond donors (Lipinski definition) is 1. The molecule has 3 rings (SSSR count). The maximum Gasteiger partial charge on any atom is 0.00682 e. The average molecular weight is 253 g/mol. The quantitative estimate of drug-likeness (QED) is 0.725. The standard InChI is InChI=1S/C18H23N/c1(5-14-19-17-12-13-17)2-7-15-9-6-10-16-8-3-4-11-18(15)16/h3-4,6,8-11,17,19H,1-2,5,7,12-14H2. The van der Waals surface area contributed by atoms with E-state index in [1.54, 1.807) is 0 Å². The molecule has 2 aromatic carbocycles. The lowest BCUT2D eigenvalue weighted by molar-refractivity contribution is 0.601. The molecule has 19 heavy (non-hydrogen) atoms. The van der Waals surface area contributed by atoms with Gasteiger partial charge in [0.15, 0.2) is 0 Å². The van der Waals surface area contributed by atoms with Crippen LogP contribution < -0.4 is 5.32 Å². The van der Waals surface area contributed by atoms with Crippen molar-refractivity contribution in [2.45, 2.75) is 44.6 Å². The molecule has 0 saturated heterocycles. The zero-order valence-electron chi connectivity index (χ0n) is 11.6. The van der Waals surface area contributed by atoms with Crippen LogP contribution in [0.4, 0.5) is 0 Å². The highest BCUT2D eigenvalue weighted by Gasteiger charge is 2.19.